The Hall–Kier alpha value is -3.61. The molecule has 7 heteroatoms. The number of carbonyl (C=O) groups is 2. The molecule has 0 saturated carbocycles. The lowest BCUT2D eigenvalue weighted by molar-refractivity contribution is 0.0438. The summed E-state index contributed by atoms with van der Waals surface area (Å²) in [5, 5.41) is 2.60. The lowest BCUT2D eigenvalue weighted by Crippen LogP contribution is -2.27. The number of benzene rings is 2. The average Bonchev–Trinajstić information content (AvgIpc) is 3.15. The summed E-state index contributed by atoms with van der Waals surface area (Å²) in [6.07, 6.45) is 1.03. The third-order valence-electron chi connectivity index (χ3n) is 3.70. The summed E-state index contributed by atoms with van der Waals surface area (Å²) < 4.78 is 16.0. The monoisotopic (exact) mass is 394 g/mol. The number of nitrogens with zero attached hydrogens (tertiary/aromatic N) is 1. The second-order valence-electron chi connectivity index (χ2n) is 7.26. The average molecular weight is 394 g/mol. The maximum Gasteiger partial charge on any atom is 0.412 e. The van der Waals surface area contributed by atoms with Gasteiger partial charge in [-0.15, -0.1) is 0 Å². The molecule has 1 aromatic heterocycles. The van der Waals surface area contributed by atoms with E-state index in [1.807, 2.05) is 30.3 Å². The van der Waals surface area contributed by atoms with Gasteiger partial charge in [-0.3, -0.25) is 5.32 Å². The minimum absolute atomic E-state index is 0.0798. The molecule has 0 bridgehead atoms. The Balaban J connectivity index is 1.53. The number of rotatable bonds is 5. The minimum atomic E-state index is -0.589. The van der Waals surface area contributed by atoms with Crippen molar-refractivity contribution in [3.8, 4) is 11.3 Å². The van der Waals surface area contributed by atoms with Crippen molar-refractivity contribution in [3.05, 3.63) is 72.2 Å². The topological polar surface area (TPSA) is 90.7 Å². The highest BCUT2D eigenvalue weighted by Crippen LogP contribution is 2.20. The Morgan fingerprint density at radius 3 is 2.38 bits per heavy atom. The summed E-state index contributed by atoms with van der Waals surface area (Å²) in [4.78, 5) is 28.1. The molecule has 0 aliphatic heterocycles. The fraction of sp³-hybridized carbons (Fsp3) is 0.227. The van der Waals surface area contributed by atoms with E-state index in [0.29, 0.717) is 22.9 Å². The van der Waals surface area contributed by atoms with Crippen LogP contribution in [-0.2, 0) is 16.1 Å². The van der Waals surface area contributed by atoms with Gasteiger partial charge in [0.2, 0.25) is 5.89 Å². The molecular formula is C22H22N2O5. The summed E-state index contributed by atoms with van der Waals surface area (Å²) in [5.74, 6) is 0.392. The van der Waals surface area contributed by atoms with Crippen LogP contribution < -0.4 is 5.32 Å². The number of amides is 1. The van der Waals surface area contributed by atoms with E-state index in [4.69, 9.17) is 13.9 Å². The van der Waals surface area contributed by atoms with Crippen molar-refractivity contribution < 1.29 is 23.5 Å². The number of carbonyl (C=O) groups excluding carboxylic acids is 2. The third-order valence-corrected chi connectivity index (χ3v) is 3.70. The van der Waals surface area contributed by atoms with Crippen molar-refractivity contribution in [2.45, 2.75) is 33.0 Å². The maximum absolute atomic E-state index is 12.2. The molecule has 0 radical (unpaired) electrons. The number of aromatic nitrogens is 1. The van der Waals surface area contributed by atoms with Crippen LogP contribution in [0.25, 0.3) is 11.3 Å². The second kappa shape index (κ2) is 8.60. The molecule has 1 heterocycles. The summed E-state index contributed by atoms with van der Waals surface area (Å²) in [5.41, 5.74) is 1.16. The summed E-state index contributed by atoms with van der Waals surface area (Å²) >= 11 is 0. The highest BCUT2D eigenvalue weighted by Gasteiger charge is 2.16. The normalized spacial score (nSPS) is 11.0. The zero-order valence-corrected chi connectivity index (χ0v) is 16.5. The molecule has 0 unspecified atom stereocenters. The third kappa shape index (κ3) is 5.93. The molecule has 3 aromatic rings. The molecule has 0 spiro atoms. The van der Waals surface area contributed by atoms with Gasteiger partial charge in [0.05, 0.1) is 11.8 Å². The van der Waals surface area contributed by atoms with Crippen LogP contribution in [0.2, 0.25) is 0 Å². The van der Waals surface area contributed by atoms with Crippen LogP contribution in [0.1, 0.15) is 37.0 Å². The first-order valence-corrected chi connectivity index (χ1v) is 9.07. The lowest BCUT2D eigenvalue weighted by atomic mass is 10.2. The van der Waals surface area contributed by atoms with E-state index in [9.17, 15) is 9.59 Å². The molecule has 1 N–H and O–H groups in total. The number of anilines is 1. The van der Waals surface area contributed by atoms with E-state index >= 15 is 0 Å². The summed E-state index contributed by atoms with van der Waals surface area (Å²) in [6, 6.07) is 15.8. The molecule has 0 aliphatic carbocycles. The summed E-state index contributed by atoms with van der Waals surface area (Å²) in [6.45, 7) is 5.26. The first-order chi connectivity index (χ1) is 13.8. The molecule has 2 aromatic carbocycles. The van der Waals surface area contributed by atoms with Crippen molar-refractivity contribution in [1.82, 2.24) is 4.98 Å². The zero-order chi connectivity index (χ0) is 20.9. The Morgan fingerprint density at radius 2 is 1.72 bits per heavy atom. The molecule has 29 heavy (non-hydrogen) atoms. The SMILES string of the molecule is CC(C)(C)OC(=O)Nc1ccc(C(=O)OCc2ncc(-c3ccccc3)o2)cc1. The molecular weight excluding hydrogens is 372 g/mol. The molecule has 0 aliphatic rings. The highest BCUT2D eigenvalue weighted by atomic mass is 16.6. The molecule has 150 valence electrons. The van der Waals surface area contributed by atoms with Crippen LogP contribution in [-0.4, -0.2) is 22.6 Å². The molecule has 3 rings (SSSR count). The van der Waals surface area contributed by atoms with Crippen molar-refractivity contribution in [2.24, 2.45) is 0 Å². The minimum Gasteiger partial charge on any atom is -0.452 e. The Kier molecular flexibility index (Phi) is 5.97. The van der Waals surface area contributed by atoms with Crippen LogP contribution in [0.5, 0.6) is 0 Å². The van der Waals surface area contributed by atoms with E-state index in [0.717, 1.165) is 5.56 Å². The highest BCUT2D eigenvalue weighted by molar-refractivity contribution is 5.91. The van der Waals surface area contributed by atoms with E-state index < -0.39 is 17.7 Å². The molecule has 7 nitrogen and oxygen atoms in total. The van der Waals surface area contributed by atoms with Gasteiger partial charge in [-0.05, 0) is 45.0 Å². The van der Waals surface area contributed by atoms with Gasteiger partial charge in [0, 0.05) is 11.3 Å². The molecule has 0 atom stereocenters. The fourth-order valence-corrected chi connectivity index (χ4v) is 2.43. The Bertz CT molecular complexity index is 972. The van der Waals surface area contributed by atoms with E-state index in [1.54, 1.807) is 51.2 Å². The lowest BCUT2D eigenvalue weighted by Gasteiger charge is -2.19. The second-order valence-corrected chi connectivity index (χ2v) is 7.26. The number of ether oxygens (including phenoxy) is 2. The molecule has 0 saturated heterocycles. The van der Waals surface area contributed by atoms with Crippen LogP contribution in [0, 0.1) is 0 Å². The number of esters is 1. The largest absolute Gasteiger partial charge is 0.452 e. The molecule has 0 fully saturated rings. The van der Waals surface area contributed by atoms with Gasteiger partial charge in [0.15, 0.2) is 12.4 Å². The van der Waals surface area contributed by atoms with Gasteiger partial charge in [-0.2, -0.15) is 0 Å². The number of nitrogens with one attached hydrogen (secondary N) is 1. The van der Waals surface area contributed by atoms with Crippen molar-refractivity contribution in [3.63, 3.8) is 0 Å². The number of oxazole rings is 1. The number of hydrogen-bond acceptors (Lipinski definition) is 6. The molecule has 1 amide bonds. The Labute approximate surface area is 168 Å². The van der Waals surface area contributed by atoms with Crippen LogP contribution in [0.4, 0.5) is 10.5 Å². The first-order valence-electron chi connectivity index (χ1n) is 9.07. The van der Waals surface area contributed by atoms with Crippen LogP contribution in [0.3, 0.4) is 0 Å². The van der Waals surface area contributed by atoms with Crippen molar-refractivity contribution >= 4 is 17.7 Å². The smallest absolute Gasteiger partial charge is 0.412 e. The quantitative estimate of drug-likeness (QED) is 0.609. The first kappa shape index (κ1) is 20.1. The van der Waals surface area contributed by atoms with Crippen LogP contribution >= 0.6 is 0 Å². The van der Waals surface area contributed by atoms with E-state index in [1.165, 1.54) is 0 Å². The van der Waals surface area contributed by atoms with Gasteiger partial charge in [-0.1, -0.05) is 30.3 Å². The van der Waals surface area contributed by atoms with Gasteiger partial charge < -0.3 is 13.9 Å². The van der Waals surface area contributed by atoms with Gasteiger partial charge in [0.1, 0.15) is 5.60 Å². The fourth-order valence-electron chi connectivity index (χ4n) is 2.43. The van der Waals surface area contributed by atoms with Crippen molar-refractivity contribution in [1.29, 1.82) is 0 Å². The van der Waals surface area contributed by atoms with E-state index in [2.05, 4.69) is 10.3 Å². The van der Waals surface area contributed by atoms with Gasteiger partial charge in [-0.25, -0.2) is 14.6 Å². The predicted molar refractivity (Wildman–Crippen MR) is 107 cm³/mol. The number of hydrogen-bond donors (Lipinski definition) is 1. The Morgan fingerprint density at radius 1 is 1.03 bits per heavy atom. The van der Waals surface area contributed by atoms with Gasteiger partial charge >= 0.3 is 12.1 Å². The summed E-state index contributed by atoms with van der Waals surface area (Å²) in [7, 11) is 0. The van der Waals surface area contributed by atoms with Crippen molar-refractivity contribution in [2.75, 3.05) is 5.32 Å². The predicted octanol–water partition coefficient (Wildman–Crippen LogP) is 5.05. The standard InChI is InChI=1S/C22H22N2O5/c1-22(2,3)29-21(26)24-17-11-9-16(10-12-17)20(25)27-14-19-23-13-18(28-19)15-7-5-4-6-8-15/h4-13H,14H2,1-3H3,(H,24,26). The van der Waals surface area contributed by atoms with Gasteiger partial charge in [0.25, 0.3) is 0 Å². The zero-order valence-electron chi connectivity index (χ0n) is 16.5. The van der Waals surface area contributed by atoms with Crippen LogP contribution in [0.15, 0.2) is 65.2 Å². The van der Waals surface area contributed by atoms with E-state index in [-0.39, 0.29) is 6.61 Å². The maximum atomic E-state index is 12.2.